The van der Waals surface area contributed by atoms with Crippen LogP contribution in [0.5, 0.6) is 5.75 Å². The molecule has 3 N–H and O–H groups in total. The highest BCUT2D eigenvalue weighted by Gasteiger charge is 2.11. The quantitative estimate of drug-likeness (QED) is 0.505. The Labute approximate surface area is 168 Å². The number of imidazole rings is 1. The van der Waals surface area contributed by atoms with Crippen molar-refractivity contribution < 1.29 is 14.6 Å². The van der Waals surface area contributed by atoms with Gasteiger partial charge in [0.1, 0.15) is 18.0 Å². The number of carbonyl (C=O) groups is 1. The molecule has 0 aliphatic carbocycles. The minimum absolute atomic E-state index is 0.0825. The summed E-state index contributed by atoms with van der Waals surface area (Å²) in [6.45, 7) is 0.763. The number of benzene rings is 2. The van der Waals surface area contributed by atoms with E-state index in [0.29, 0.717) is 17.9 Å². The molecule has 0 saturated carbocycles. The first-order valence-corrected chi connectivity index (χ1v) is 9.31. The summed E-state index contributed by atoms with van der Waals surface area (Å²) in [6.07, 6.45) is 5.59. The van der Waals surface area contributed by atoms with Crippen molar-refractivity contribution in [2.45, 2.75) is 19.6 Å². The molecular formula is C23H21N3O3. The van der Waals surface area contributed by atoms with E-state index < -0.39 is 5.97 Å². The van der Waals surface area contributed by atoms with Gasteiger partial charge in [-0.3, -0.25) is 4.79 Å². The third-order valence-electron chi connectivity index (χ3n) is 4.76. The lowest BCUT2D eigenvalue weighted by Gasteiger charge is -2.13. The molecule has 0 spiro atoms. The van der Waals surface area contributed by atoms with Crippen LogP contribution < -0.4 is 10.5 Å². The monoisotopic (exact) mass is 387 g/mol. The van der Waals surface area contributed by atoms with E-state index >= 15 is 0 Å². The predicted octanol–water partition coefficient (Wildman–Crippen LogP) is 3.67. The number of carboxylic acid groups (broad SMARTS) is 1. The highest BCUT2D eigenvalue weighted by molar-refractivity contribution is 5.71. The van der Waals surface area contributed by atoms with Crippen LogP contribution in [0.15, 0.2) is 73.2 Å². The van der Waals surface area contributed by atoms with E-state index in [1.165, 1.54) is 0 Å². The molecule has 29 heavy (non-hydrogen) atoms. The Morgan fingerprint density at radius 3 is 2.76 bits per heavy atom. The molecule has 6 heteroatoms. The third kappa shape index (κ3) is 4.12. The summed E-state index contributed by atoms with van der Waals surface area (Å²) in [7, 11) is 0. The van der Waals surface area contributed by atoms with Gasteiger partial charge in [0.2, 0.25) is 0 Å². The fraction of sp³-hybridized carbons (Fsp3) is 0.130. The maximum absolute atomic E-state index is 11.1. The number of hydrogen-bond donors (Lipinski definition) is 2. The van der Waals surface area contributed by atoms with Crippen molar-refractivity contribution >= 4 is 11.6 Å². The fourth-order valence-corrected chi connectivity index (χ4v) is 3.36. The summed E-state index contributed by atoms with van der Waals surface area (Å²) in [5.74, 6) is -0.325. The Balaban J connectivity index is 1.67. The Morgan fingerprint density at radius 1 is 1.07 bits per heavy atom. The summed E-state index contributed by atoms with van der Waals surface area (Å²) in [6, 6.07) is 17.4. The number of nitrogens with zero attached hydrogens (tertiary/aromatic N) is 2. The molecule has 4 aromatic rings. The first-order chi connectivity index (χ1) is 14.1. The smallest absolute Gasteiger partial charge is 0.307 e. The summed E-state index contributed by atoms with van der Waals surface area (Å²) in [5, 5.41) is 9.12. The van der Waals surface area contributed by atoms with Crippen molar-refractivity contribution in [2.24, 2.45) is 5.73 Å². The van der Waals surface area contributed by atoms with E-state index in [-0.39, 0.29) is 13.0 Å². The predicted molar refractivity (Wildman–Crippen MR) is 111 cm³/mol. The van der Waals surface area contributed by atoms with Crippen LogP contribution in [-0.2, 0) is 24.4 Å². The zero-order valence-electron chi connectivity index (χ0n) is 15.8. The van der Waals surface area contributed by atoms with Gasteiger partial charge in [0.15, 0.2) is 0 Å². The van der Waals surface area contributed by atoms with Gasteiger partial charge in [0.25, 0.3) is 0 Å². The third-order valence-corrected chi connectivity index (χ3v) is 4.76. The van der Waals surface area contributed by atoms with Crippen LogP contribution in [0.25, 0.3) is 16.8 Å². The van der Waals surface area contributed by atoms with Gasteiger partial charge in [-0.2, -0.15) is 0 Å². The second-order valence-electron chi connectivity index (χ2n) is 6.78. The molecule has 0 amide bonds. The van der Waals surface area contributed by atoms with Crippen molar-refractivity contribution in [3.05, 3.63) is 89.9 Å². The van der Waals surface area contributed by atoms with E-state index in [0.717, 1.165) is 27.9 Å². The SMILES string of the molecule is NCc1cccc(-c2cc(COc3ccccc3CC(=O)O)c3nccn3c2)c1. The van der Waals surface area contributed by atoms with Crippen LogP contribution in [-0.4, -0.2) is 20.5 Å². The number of pyridine rings is 1. The van der Waals surface area contributed by atoms with Gasteiger partial charge >= 0.3 is 5.97 Å². The molecule has 146 valence electrons. The molecule has 2 aromatic heterocycles. The molecule has 0 saturated heterocycles. The lowest BCUT2D eigenvalue weighted by atomic mass is 10.0. The number of hydrogen-bond acceptors (Lipinski definition) is 4. The van der Waals surface area contributed by atoms with Crippen molar-refractivity contribution in [1.29, 1.82) is 0 Å². The molecule has 0 aliphatic rings. The number of nitrogens with two attached hydrogens (primary N) is 1. The molecular weight excluding hydrogens is 366 g/mol. The standard InChI is InChI=1S/C23H21N3O3/c24-13-16-4-3-6-17(10-16)19-11-20(23-25-8-9-26(23)14-19)15-29-21-7-2-1-5-18(21)12-22(27)28/h1-11,14H,12-13,15,24H2,(H,27,28). The summed E-state index contributed by atoms with van der Waals surface area (Å²) in [5.41, 5.74) is 11.3. The van der Waals surface area contributed by atoms with Crippen LogP contribution in [0.4, 0.5) is 0 Å². The minimum atomic E-state index is -0.890. The molecule has 0 radical (unpaired) electrons. The van der Waals surface area contributed by atoms with E-state index in [4.69, 9.17) is 15.6 Å². The highest BCUT2D eigenvalue weighted by Crippen LogP contribution is 2.26. The number of ether oxygens (including phenoxy) is 1. The van der Waals surface area contributed by atoms with E-state index in [1.54, 1.807) is 18.3 Å². The van der Waals surface area contributed by atoms with Crippen LogP contribution in [0.1, 0.15) is 16.7 Å². The van der Waals surface area contributed by atoms with Crippen LogP contribution in [0.2, 0.25) is 0 Å². The first-order valence-electron chi connectivity index (χ1n) is 9.31. The van der Waals surface area contributed by atoms with Crippen molar-refractivity contribution in [2.75, 3.05) is 0 Å². The van der Waals surface area contributed by atoms with Gasteiger partial charge in [0.05, 0.1) is 6.42 Å². The number of aromatic nitrogens is 2. The molecule has 6 nitrogen and oxygen atoms in total. The molecule has 0 bridgehead atoms. The number of aliphatic carboxylic acids is 1. The molecule has 4 rings (SSSR count). The second kappa shape index (κ2) is 8.16. The lowest BCUT2D eigenvalue weighted by molar-refractivity contribution is -0.136. The lowest BCUT2D eigenvalue weighted by Crippen LogP contribution is -2.05. The number of carboxylic acids is 1. The van der Waals surface area contributed by atoms with Gasteiger partial charge in [-0.1, -0.05) is 36.4 Å². The zero-order chi connectivity index (χ0) is 20.2. The van der Waals surface area contributed by atoms with E-state index in [9.17, 15) is 4.79 Å². The van der Waals surface area contributed by atoms with E-state index in [2.05, 4.69) is 17.1 Å². The summed E-state index contributed by atoms with van der Waals surface area (Å²) >= 11 is 0. The summed E-state index contributed by atoms with van der Waals surface area (Å²) < 4.78 is 7.97. The van der Waals surface area contributed by atoms with Crippen LogP contribution in [0.3, 0.4) is 0 Å². The molecule has 0 atom stereocenters. The maximum atomic E-state index is 11.1. The van der Waals surface area contributed by atoms with E-state index in [1.807, 2.05) is 47.1 Å². The molecule has 0 fully saturated rings. The van der Waals surface area contributed by atoms with Gasteiger partial charge in [-0.05, 0) is 34.9 Å². The van der Waals surface area contributed by atoms with Gasteiger partial charge in [-0.15, -0.1) is 0 Å². The molecule has 0 aliphatic heterocycles. The Hall–Kier alpha value is -3.64. The first kappa shape index (κ1) is 18.7. The van der Waals surface area contributed by atoms with Crippen molar-refractivity contribution in [3.8, 4) is 16.9 Å². The van der Waals surface area contributed by atoms with Crippen LogP contribution >= 0.6 is 0 Å². The summed E-state index contributed by atoms with van der Waals surface area (Å²) in [4.78, 5) is 15.6. The van der Waals surface area contributed by atoms with Crippen LogP contribution in [0, 0.1) is 0 Å². The number of rotatable bonds is 7. The van der Waals surface area contributed by atoms with Crippen molar-refractivity contribution in [3.63, 3.8) is 0 Å². The second-order valence-corrected chi connectivity index (χ2v) is 6.78. The topological polar surface area (TPSA) is 89.8 Å². The Bertz CT molecular complexity index is 1170. The average molecular weight is 387 g/mol. The van der Waals surface area contributed by atoms with Crippen molar-refractivity contribution in [1.82, 2.24) is 9.38 Å². The van der Waals surface area contributed by atoms with Gasteiger partial charge in [0, 0.05) is 36.3 Å². The molecule has 2 heterocycles. The molecule has 2 aromatic carbocycles. The number of para-hydroxylation sites is 1. The van der Waals surface area contributed by atoms with Gasteiger partial charge in [-0.25, -0.2) is 4.98 Å². The normalized spacial score (nSPS) is 10.9. The maximum Gasteiger partial charge on any atom is 0.307 e. The highest BCUT2D eigenvalue weighted by atomic mass is 16.5. The molecule has 0 unspecified atom stereocenters. The zero-order valence-corrected chi connectivity index (χ0v) is 15.8. The largest absolute Gasteiger partial charge is 0.488 e. The number of fused-ring (bicyclic) bond motifs is 1. The fourth-order valence-electron chi connectivity index (χ4n) is 3.36. The van der Waals surface area contributed by atoms with Gasteiger partial charge < -0.3 is 20.0 Å². The average Bonchev–Trinajstić information content (AvgIpc) is 3.21. The minimum Gasteiger partial charge on any atom is -0.488 e. The Morgan fingerprint density at radius 2 is 1.93 bits per heavy atom. The Kier molecular flexibility index (Phi) is 5.27.